The first-order chi connectivity index (χ1) is 9.06. The second kappa shape index (κ2) is 6.35. The van der Waals surface area contributed by atoms with Gasteiger partial charge in [0.05, 0.1) is 0 Å². The van der Waals surface area contributed by atoms with Crippen molar-refractivity contribution >= 4 is 18.5 Å². The highest BCUT2D eigenvalue weighted by Crippen LogP contribution is 2.37. The van der Waals surface area contributed by atoms with Gasteiger partial charge in [0.2, 0.25) is 0 Å². The molecule has 2 aromatic rings. The van der Waals surface area contributed by atoms with E-state index in [0.29, 0.717) is 5.41 Å². The Morgan fingerprint density at radius 2 is 1.16 bits per heavy atom. The van der Waals surface area contributed by atoms with Gasteiger partial charge >= 0.3 is 0 Å². The van der Waals surface area contributed by atoms with E-state index < -0.39 is 0 Å². The van der Waals surface area contributed by atoms with Crippen LogP contribution in [0.15, 0.2) is 60.7 Å². The Kier molecular flexibility index (Phi) is 4.77. The van der Waals surface area contributed by atoms with E-state index in [1.54, 1.807) is 0 Å². The van der Waals surface area contributed by atoms with Gasteiger partial charge in [-0.25, -0.2) is 0 Å². The summed E-state index contributed by atoms with van der Waals surface area (Å²) in [5.41, 5.74) is 0.407. The molecule has 0 aliphatic heterocycles. The topological polar surface area (TPSA) is 0 Å². The summed E-state index contributed by atoms with van der Waals surface area (Å²) >= 11 is 0. The highest BCUT2D eigenvalue weighted by Gasteiger charge is 2.17. The van der Waals surface area contributed by atoms with E-state index in [1.807, 2.05) is 0 Å². The van der Waals surface area contributed by atoms with Crippen molar-refractivity contribution in [3.8, 4) is 0 Å². The van der Waals surface area contributed by atoms with Crippen LogP contribution in [0.2, 0.25) is 0 Å². The highest BCUT2D eigenvalue weighted by atomic mass is 31.1. The molecule has 0 nitrogen and oxygen atoms in total. The van der Waals surface area contributed by atoms with Crippen molar-refractivity contribution < 1.29 is 0 Å². The molecule has 0 amide bonds. The molecule has 0 aromatic heterocycles. The van der Waals surface area contributed by atoms with Crippen LogP contribution in [0.4, 0.5) is 0 Å². The van der Waals surface area contributed by atoms with E-state index in [2.05, 4.69) is 81.4 Å². The maximum Gasteiger partial charge on any atom is -0.0195 e. The average Bonchev–Trinajstić information content (AvgIpc) is 2.40. The van der Waals surface area contributed by atoms with Crippen molar-refractivity contribution in [2.45, 2.75) is 27.2 Å². The van der Waals surface area contributed by atoms with Gasteiger partial charge < -0.3 is 0 Å². The van der Waals surface area contributed by atoms with E-state index >= 15 is 0 Å². The van der Waals surface area contributed by atoms with Gasteiger partial charge in [-0.3, -0.25) is 0 Å². The van der Waals surface area contributed by atoms with Crippen molar-refractivity contribution in [3.63, 3.8) is 0 Å². The normalized spacial score (nSPS) is 11.8. The summed E-state index contributed by atoms with van der Waals surface area (Å²) in [4.78, 5) is 0. The summed E-state index contributed by atoms with van der Waals surface area (Å²) in [6.07, 6.45) is 2.54. The summed E-state index contributed by atoms with van der Waals surface area (Å²) in [5, 5.41) is 2.99. The lowest BCUT2D eigenvalue weighted by atomic mass is 9.94. The maximum absolute atomic E-state index is 2.33. The Labute approximate surface area is 118 Å². The SMILES string of the molecule is CC(C)(C)CCP(c1ccccc1)c1ccccc1. The zero-order valence-electron chi connectivity index (χ0n) is 12.1. The van der Waals surface area contributed by atoms with E-state index in [1.165, 1.54) is 23.2 Å². The Hall–Kier alpha value is -1.13. The summed E-state index contributed by atoms with van der Waals surface area (Å²) in [6.45, 7) is 6.99. The number of hydrogen-bond acceptors (Lipinski definition) is 0. The zero-order chi connectivity index (χ0) is 13.7. The number of rotatable bonds is 4. The van der Waals surface area contributed by atoms with Gasteiger partial charge in [0.25, 0.3) is 0 Å². The van der Waals surface area contributed by atoms with Gasteiger partial charge in [-0.05, 0) is 36.5 Å². The van der Waals surface area contributed by atoms with Crippen LogP contribution < -0.4 is 10.6 Å². The summed E-state index contributed by atoms with van der Waals surface area (Å²) in [7, 11) is -0.215. The van der Waals surface area contributed by atoms with Crippen molar-refractivity contribution in [2.24, 2.45) is 5.41 Å². The molecule has 19 heavy (non-hydrogen) atoms. The molecule has 0 fully saturated rings. The molecule has 2 rings (SSSR count). The van der Waals surface area contributed by atoms with Crippen LogP contribution in [0.25, 0.3) is 0 Å². The lowest BCUT2D eigenvalue weighted by Crippen LogP contribution is -2.17. The molecular formula is C18H23P. The van der Waals surface area contributed by atoms with Crippen LogP contribution in [0.1, 0.15) is 27.2 Å². The van der Waals surface area contributed by atoms with Gasteiger partial charge in [0, 0.05) is 0 Å². The van der Waals surface area contributed by atoms with Crippen molar-refractivity contribution in [2.75, 3.05) is 6.16 Å². The van der Waals surface area contributed by atoms with Gasteiger partial charge in [-0.2, -0.15) is 0 Å². The molecule has 0 atom stereocenters. The van der Waals surface area contributed by atoms with Crippen LogP contribution in [-0.4, -0.2) is 6.16 Å². The van der Waals surface area contributed by atoms with Crippen LogP contribution in [0.5, 0.6) is 0 Å². The quantitative estimate of drug-likeness (QED) is 0.715. The first-order valence-electron chi connectivity index (χ1n) is 6.94. The molecular weight excluding hydrogens is 247 g/mol. The fourth-order valence-electron chi connectivity index (χ4n) is 2.07. The molecule has 0 aliphatic carbocycles. The number of benzene rings is 2. The average molecular weight is 270 g/mol. The Bertz CT molecular complexity index is 443. The van der Waals surface area contributed by atoms with Gasteiger partial charge in [-0.1, -0.05) is 81.4 Å². The summed E-state index contributed by atoms with van der Waals surface area (Å²) < 4.78 is 0. The predicted molar refractivity (Wildman–Crippen MR) is 88.0 cm³/mol. The predicted octanol–water partition coefficient (Wildman–Crippen LogP) is 4.56. The Morgan fingerprint density at radius 1 is 0.737 bits per heavy atom. The second-order valence-electron chi connectivity index (χ2n) is 6.13. The fourth-order valence-corrected chi connectivity index (χ4v) is 4.84. The molecule has 1 heteroatoms. The molecule has 100 valence electrons. The molecule has 0 heterocycles. The largest absolute Gasteiger partial charge is 0.0622 e. The smallest absolute Gasteiger partial charge is 0.0195 e. The lowest BCUT2D eigenvalue weighted by molar-refractivity contribution is 0.401. The molecule has 0 radical (unpaired) electrons. The van der Waals surface area contributed by atoms with E-state index in [0.717, 1.165) is 0 Å². The van der Waals surface area contributed by atoms with E-state index in [9.17, 15) is 0 Å². The van der Waals surface area contributed by atoms with Crippen LogP contribution >= 0.6 is 7.92 Å². The third-order valence-corrected chi connectivity index (χ3v) is 5.73. The Morgan fingerprint density at radius 3 is 1.53 bits per heavy atom. The Balaban J connectivity index is 2.24. The summed E-state index contributed by atoms with van der Waals surface area (Å²) in [6, 6.07) is 22.0. The van der Waals surface area contributed by atoms with E-state index in [4.69, 9.17) is 0 Å². The standard InChI is InChI=1S/C18H23P/c1-18(2,3)14-15-19(16-10-6-4-7-11-16)17-12-8-5-9-13-17/h4-13H,14-15H2,1-3H3. The second-order valence-corrected chi connectivity index (χ2v) is 8.47. The van der Waals surface area contributed by atoms with E-state index in [-0.39, 0.29) is 7.92 Å². The molecule has 0 saturated heterocycles. The third kappa shape index (κ3) is 4.48. The molecule has 0 saturated carbocycles. The van der Waals surface area contributed by atoms with Gasteiger partial charge in [0.1, 0.15) is 0 Å². The molecule has 2 aromatic carbocycles. The van der Waals surface area contributed by atoms with Crippen molar-refractivity contribution in [1.82, 2.24) is 0 Å². The van der Waals surface area contributed by atoms with Crippen molar-refractivity contribution in [1.29, 1.82) is 0 Å². The van der Waals surface area contributed by atoms with Gasteiger partial charge in [-0.15, -0.1) is 0 Å². The van der Waals surface area contributed by atoms with Crippen LogP contribution in [-0.2, 0) is 0 Å². The summed E-state index contributed by atoms with van der Waals surface area (Å²) in [5.74, 6) is 0. The van der Waals surface area contributed by atoms with Crippen molar-refractivity contribution in [3.05, 3.63) is 60.7 Å². The number of hydrogen-bond donors (Lipinski definition) is 0. The minimum atomic E-state index is -0.215. The third-order valence-electron chi connectivity index (χ3n) is 3.22. The molecule has 0 aliphatic rings. The highest BCUT2D eigenvalue weighted by molar-refractivity contribution is 7.73. The first kappa shape index (κ1) is 14.3. The van der Waals surface area contributed by atoms with Crippen LogP contribution in [0.3, 0.4) is 0 Å². The van der Waals surface area contributed by atoms with Crippen LogP contribution in [0, 0.1) is 5.41 Å². The lowest BCUT2D eigenvalue weighted by Gasteiger charge is -2.24. The monoisotopic (exact) mass is 270 g/mol. The zero-order valence-corrected chi connectivity index (χ0v) is 13.0. The molecule has 0 spiro atoms. The molecule has 0 N–H and O–H groups in total. The van der Waals surface area contributed by atoms with Gasteiger partial charge in [0.15, 0.2) is 0 Å². The fraction of sp³-hybridized carbons (Fsp3) is 0.333. The minimum Gasteiger partial charge on any atom is -0.0622 e. The molecule has 0 unspecified atom stereocenters. The maximum atomic E-state index is 2.33. The first-order valence-corrected chi connectivity index (χ1v) is 8.47. The molecule has 0 bridgehead atoms. The minimum absolute atomic E-state index is 0.215.